The van der Waals surface area contributed by atoms with Crippen molar-refractivity contribution in [2.45, 2.75) is 27.7 Å². The van der Waals surface area contributed by atoms with Crippen LogP contribution in [0.15, 0.2) is 0 Å². The summed E-state index contributed by atoms with van der Waals surface area (Å²) in [4.78, 5) is 39.9. The number of hydrogen-bond acceptors (Lipinski definition) is 5. The summed E-state index contributed by atoms with van der Waals surface area (Å²) in [5, 5.41) is 0. The molecule has 0 aliphatic heterocycles. The molecule has 0 atom stereocenters. The third-order valence-electron chi connectivity index (χ3n) is 0.813. The van der Waals surface area contributed by atoms with E-state index < -0.39 is 0 Å². The first kappa shape index (κ1) is 20.4. The van der Waals surface area contributed by atoms with Gasteiger partial charge in [-0.25, -0.2) is 0 Å². The molecule has 0 aliphatic rings. The van der Waals surface area contributed by atoms with Crippen LogP contribution in [-0.2, 0) is 42.9 Å². The van der Waals surface area contributed by atoms with Gasteiger partial charge in [0.05, 0.1) is 0 Å². The van der Waals surface area contributed by atoms with Crippen molar-refractivity contribution in [3.05, 3.63) is 12.8 Å². The fraction of sp³-hybridized carbons (Fsp3) is 0.400. The second kappa shape index (κ2) is 13.9. The van der Waals surface area contributed by atoms with Gasteiger partial charge in [0.25, 0.3) is 0 Å². The van der Waals surface area contributed by atoms with Gasteiger partial charge in [-0.15, -0.1) is 0 Å². The van der Waals surface area contributed by atoms with Crippen molar-refractivity contribution in [2.75, 3.05) is 0 Å². The van der Waals surface area contributed by atoms with E-state index in [1.165, 1.54) is 27.7 Å². The summed E-state index contributed by atoms with van der Waals surface area (Å²) in [7, 11) is 0. The van der Waals surface area contributed by atoms with Crippen molar-refractivity contribution in [1.82, 2.24) is 0 Å². The summed E-state index contributed by atoms with van der Waals surface area (Å²) in [5.74, 6) is -0.750. The Balaban J connectivity index is -0.000000183. The van der Waals surface area contributed by atoms with E-state index in [1.807, 2.05) is 0 Å². The predicted molar refractivity (Wildman–Crippen MR) is 52.0 cm³/mol. The van der Waals surface area contributed by atoms with E-state index >= 15 is 0 Å². The molecule has 16 heavy (non-hydrogen) atoms. The Hall–Kier alpha value is -1.07. The van der Waals surface area contributed by atoms with Crippen LogP contribution in [0.2, 0.25) is 0 Å². The van der Waals surface area contributed by atoms with Crippen LogP contribution in [0.4, 0.5) is 0 Å². The minimum absolute atomic E-state index is 0.187. The molecule has 0 radical (unpaired) electrons. The van der Waals surface area contributed by atoms with Gasteiger partial charge in [-0.2, -0.15) is 0 Å². The first-order chi connectivity index (χ1) is 7.25. The van der Waals surface area contributed by atoms with Crippen LogP contribution in [0.3, 0.4) is 0 Å². The molecule has 5 nitrogen and oxygen atoms in total. The second-order valence-corrected chi connectivity index (χ2v) is 2.73. The molecule has 0 saturated carbocycles. The normalized spacial score (nSPS) is 6.94. The summed E-state index contributed by atoms with van der Waals surface area (Å²) in [6.07, 6.45) is 2.11. The molecule has 0 N–H and O–H groups in total. The van der Waals surface area contributed by atoms with Crippen LogP contribution in [-0.4, -0.2) is 23.1 Å². The van der Waals surface area contributed by atoms with Gasteiger partial charge < -0.3 is 19.2 Å². The number of ketones is 4. The van der Waals surface area contributed by atoms with Crippen molar-refractivity contribution < 1.29 is 42.9 Å². The molecule has 0 aromatic heterocycles. The number of hydrogen-bond donors (Lipinski definition) is 0. The Morgan fingerprint density at radius 2 is 0.750 bits per heavy atom. The van der Waals surface area contributed by atoms with Crippen molar-refractivity contribution in [2.24, 2.45) is 0 Å². The van der Waals surface area contributed by atoms with Crippen molar-refractivity contribution in [3.63, 3.8) is 0 Å². The van der Waals surface area contributed by atoms with E-state index in [9.17, 15) is 19.2 Å². The van der Waals surface area contributed by atoms with E-state index in [-0.39, 0.29) is 23.1 Å². The molecule has 6 heteroatoms. The maximum atomic E-state index is 9.98. The van der Waals surface area contributed by atoms with Gasteiger partial charge in [0, 0.05) is 23.1 Å². The predicted octanol–water partition coefficient (Wildman–Crippen LogP) is 0.616. The topological polar surface area (TPSA) is 85.3 Å². The van der Waals surface area contributed by atoms with Crippen LogP contribution in [0.25, 0.3) is 0 Å². The zero-order chi connectivity index (χ0) is 13.7. The minimum atomic E-state index is -0.187. The number of carbonyl (C=O) groups excluding carboxylic acids is 4. The zero-order valence-electron chi connectivity index (χ0n) is 9.70. The van der Waals surface area contributed by atoms with E-state index in [2.05, 4.69) is 0 Å². The van der Waals surface area contributed by atoms with Crippen molar-refractivity contribution >= 4 is 23.1 Å². The summed E-state index contributed by atoms with van der Waals surface area (Å²) >= 11 is 0.750. The second-order valence-electron chi connectivity index (χ2n) is 2.73. The molecule has 0 rings (SSSR count). The van der Waals surface area contributed by atoms with Crippen LogP contribution >= 0.6 is 0 Å². The van der Waals surface area contributed by atoms with E-state index in [0.29, 0.717) is 0 Å². The summed E-state index contributed by atoms with van der Waals surface area (Å²) in [5.41, 5.74) is 0. The van der Waals surface area contributed by atoms with Gasteiger partial charge in [0.2, 0.25) is 0 Å². The Morgan fingerprint density at radius 3 is 0.750 bits per heavy atom. The molecule has 0 spiro atoms. The molecule has 0 aromatic rings. The van der Waals surface area contributed by atoms with Crippen LogP contribution in [0.1, 0.15) is 27.7 Å². The zero-order valence-corrected chi connectivity index (χ0v) is 11.3. The molecule has 0 aliphatic carbocycles. The molecular formula is C10H14O5Ti-2. The summed E-state index contributed by atoms with van der Waals surface area (Å²) in [6.45, 7) is 5.39. The van der Waals surface area contributed by atoms with E-state index in [0.717, 1.165) is 33.2 Å². The molecule has 0 bridgehead atoms. The van der Waals surface area contributed by atoms with Crippen LogP contribution < -0.4 is 0 Å². The Kier molecular flexibility index (Phi) is 17.7. The van der Waals surface area contributed by atoms with Gasteiger partial charge in [-0.05, 0) is 27.7 Å². The Morgan fingerprint density at radius 1 is 0.625 bits per heavy atom. The molecule has 0 amide bonds. The molecular weight excluding hydrogens is 248 g/mol. The van der Waals surface area contributed by atoms with Gasteiger partial charge in [0.15, 0.2) is 0 Å². The summed E-state index contributed by atoms with van der Waals surface area (Å²) < 4.78 is 8.25. The number of Topliss-reactive ketones (excluding diaryl/α,β-unsaturated/α-hetero) is 4. The van der Waals surface area contributed by atoms with Gasteiger partial charge in [-0.1, -0.05) is 0 Å². The van der Waals surface area contributed by atoms with Gasteiger partial charge >= 0.3 is 23.7 Å². The molecule has 90 valence electrons. The first-order valence-corrected chi connectivity index (χ1v) is 4.81. The third kappa shape index (κ3) is 38.3. The summed E-state index contributed by atoms with van der Waals surface area (Å²) in [6, 6.07) is 0. The van der Waals surface area contributed by atoms with Gasteiger partial charge in [0.1, 0.15) is 0 Å². The first-order valence-electron chi connectivity index (χ1n) is 4.18. The van der Waals surface area contributed by atoms with E-state index in [1.54, 1.807) is 0 Å². The third-order valence-corrected chi connectivity index (χ3v) is 0.813. The maximum absolute atomic E-state index is 9.98. The van der Waals surface area contributed by atoms with E-state index in [4.69, 9.17) is 3.32 Å². The quantitative estimate of drug-likeness (QED) is 0.421. The molecule has 0 heterocycles. The Labute approximate surface area is 107 Å². The molecule has 0 saturated heterocycles. The number of rotatable bonds is 4. The SMILES string of the molecule is CC(=O)[CH-]C(C)=O.CC(=O)[CH-]C(C)=O.[O]=[Ti]. The Bertz CT molecular complexity index is 210. The van der Waals surface area contributed by atoms with Crippen molar-refractivity contribution in [1.29, 1.82) is 0 Å². The van der Waals surface area contributed by atoms with Gasteiger partial charge in [-0.3, -0.25) is 12.8 Å². The van der Waals surface area contributed by atoms with Crippen molar-refractivity contribution in [3.8, 4) is 0 Å². The van der Waals surface area contributed by atoms with Crippen LogP contribution in [0.5, 0.6) is 0 Å². The fourth-order valence-electron chi connectivity index (χ4n) is 0.572. The molecule has 0 aromatic carbocycles. The van der Waals surface area contributed by atoms with Crippen LogP contribution in [0, 0.1) is 12.8 Å². The standard InChI is InChI=1S/2C5H7O2.O.Ti/c2*1-4(6)3-5(2)7;;/h2*3H,1-2H3;;/q2*-1;;. The fourth-order valence-corrected chi connectivity index (χ4v) is 0.572. The molecule has 0 unspecified atom stereocenters. The molecule has 0 fully saturated rings. The average Bonchev–Trinajstić information content (AvgIpc) is 2.03. The monoisotopic (exact) mass is 262 g/mol. The number of carbonyl (C=O) groups is 4. The average molecular weight is 262 g/mol.